The molecule has 0 amide bonds. The van der Waals surface area contributed by atoms with E-state index in [2.05, 4.69) is 23.0 Å². The molecule has 0 aliphatic carbocycles. The Labute approximate surface area is 108 Å². The van der Waals surface area contributed by atoms with Gasteiger partial charge in [0.15, 0.2) is 0 Å². The van der Waals surface area contributed by atoms with E-state index in [1.54, 1.807) is 0 Å². The zero-order valence-corrected chi connectivity index (χ0v) is 10.6. The molecule has 1 heterocycles. The molecule has 1 aromatic carbocycles. The van der Waals surface area contributed by atoms with Gasteiger partial charge >= 0.3 is 0 Å². The van der Waals surface area contributed by atoms with Crippen LogP contribution in [0.2, 0.25) is 0 Å². The molecule has 3 nitrogen and oxygen atoms in total. The summed E-state index contributed by atoms with van der Waals surface area (Å²) in [7, 11) is 0. The van der Waals surface area contributed by atoms with Gasteiger partial charge in [0.25, 0.3) is 0 Å². The molecule has 3 heteroatoms. The lowest BCUT2D eigenvalue weighted by Gasteiger charge is -2.06. The number of hydrogen-bond acceptors (Lipinski definition) is 2. The quantitative estimate of drug-likeness (QED) is 0.760. The van der Waals surface area contributed by atoms with E-state index in [9.17, 15) is 0 Å². The first-order chi connectivity index (χ1) is 8.88. The van der Waals surface area contributed by atoms with Crippen LogP contribution in [0.15, 0.2) is 48.8 Å². The minimum Gasteiger partial charge on any atom is -0.494 e. The molecular formula is C15H20N2O. The second-order valence-corrected chi connectivity index (χ2v) is 4.31. The van der Waals surface area contributed by atoms with Crippen molar-refractivity contribution in [2.75, 3.05) is 13.2 Å². The van der Waals surface area contributed by atoms with Crippen LogP contribution in [-0.2, 0) is 13.0 Å². The van der Waals surface area contributed by atoms with E-state index in [4.69, 9.17) is 10.5 Å². The Bertz CT molecular complexity index is 451. The lowest BCUT2D eigenvalue weighted by atomic mass is 10.2. The minimum atomic E-state index is 0.709. The zero-order valence-electron chi connectivity index (χ0n) is 10.6. The summed E-state index contributed by atoms with van der Waals surface area (Å²) in [5.74, 6) is 0.939. The van der Waals surface area contributed by atoms with Crippen LogP contribution in [0.25, 0.3) is 0 Å². The van der Waals surface area contributed by atoms with Crippen LogP contribution in [0.5, 0.6) is 5.75 Å². The summed E-state index contributed by atoms with van der Waals surface area (Å²) >= 11 is 0. The highest BCUT2D eigenvalue weighted by atomic mass is 16.5. The molecule has 0 bridgehead atoms. The summed E-state index contributed by atoms with van der Waals surface area (Å²) in [6.07, 6.45) is 6.22. The second-order valence-electron chi connectivity index (χ2n) is 4.31. The van der Waals surface area contributed by atoms with Crippen LogP contribution in [-0.4, -0.2) is 17.7 Å². The van der Waals surface area contributed by atoms with Crippen LogP contribution in [0.1, 0.15) is 12.0 Å². The summed E-state index contributed by atoms with van der Waals surface area (Å²) in [5, 5.41) is 0. The highest BCUT2D eigenvalue weighted by Crippen LogP contribution is 2.09. The Hall–Kier alpha value is -1.74. The summed E-state index contributed by atoms with van der Waals surface area (Å²) in [6, 6.07) is 12.1. The number of benzene rings is 1. The van der Waals surface area contributed by atoms with Crippen molar-refractivity contribution in [2.24, 2.45) is 5.73 Å². The van der Waals surface area contributed by atoms with Gasteiger partial charge in [-0.2, -0.15) is 0 Å². The lowest BCUT2D eigenvalue weighted by Crippen LogP contribution is -2.04. The van der Waals surface area contributed by atoms with E-state index in [1.165, 1.54) is 5.56 Å². The van der Waals surface area contributed by atoms with Crippen molar-refractivity contribution in [1.29, 1.82) is 0 Å². The molecule has 96 valence electrons. The topological polar surface area (TPSA) is 40.2 Å². The van der Waals surface area contributed by atoms with E-state index in [-0.39, 0.29) is 0 Å². The van der Waals surface area contributed by atoms with Crippen LogP contribution in [0.3, 0.4) is 0 Å². The van der Waals surface area contributed by atoms with E-state index in [0.717, 1.165) is 31.7 Å². The molecule has 0 saturated heterocycles. The third-order valence-electron chi connectivity index (χ3n) is 2.82. The predicted octanol–water partition coefficient (Wildman–Crippen LogP) is 2.46. The molecule has 18 heavy (non-hydrogen) atoms. The van der Waals surface area contributed by atoms with Gasteiger partial charge in [-0.25, -0.2) is 0 Å². The average Bonchev–Trinajstić information content (AvgIpc) is 2.84. The van der Waals surface area contributed by atoms with Gasteiger partial charge in [0.2, 0.25) is 0 Å². The highest BCUT2D eigenvalue weighted by molar-refractivity contribution is 5.20. The van der Waals surface area contributed by atoms with Crippen molar-refractivity contribution >= 4 is 0 Å². The Morgan fingerprint density at radius 1 is 1.11 bits per heavy atom. The molecule has 0 aliphatic rings. The van der Waals surface area contributed by atoms with Crippen LogP contribution >= 0.6 is 0 Å². The molecule has 0 unspecified atom stereocenters. The molecule has 0 aliphatic heterocycles. The predicted molar refractivity (Wildman–Crippen MR) is 73.7 cm³/mol. The molecule has 0 fully saturated rings. The first-order valence-corrected chi connectivity index (χ1v) is 6.41. The van der Waals surface area contributed by atoms with Crippen molar-refractivity contribution in [3.63, 3.8) is 0 Å². The largest absolute Gasteiger partial charge is 0.494 e. The standard InChI is InChI=1S/C15H20N2O/c16-9-7-14-8-11-17(13-14)10-4-12-18-15-5-2-1-3-6-15/h1-3,5-6,8,11,13H,4,7,9-10,12,16H2. The van der Waals surface area contributed by atoms with Crippen molar-refractivity contribution in [1.82, 2.24) is 4.57 Å². The fraction of sp³-hybridized carbons (Fsp3) is 0.333. The molecule has 0 atom stereocenters. The van der Waals surface area contributed by atoms with Gasteiger partial charge < -0.3 is 15.0 Å². The van der Waals surface area contributed by atoms with Gasteiger partial charge in [-0.15, -0.1) is 0 Å². The minimum absolute atomic E-state index is 0.709. The van der Waals surface area contributed by atoms with Gasteiger partial charge in [-0.05, 0) is 43.1 Å². The first-order valence-electron chi connectivity index (χ1n) is 6.41. The smallest absolute Gasteiger partial charge is 0.119 e. The number of aryl methyl sites for hydroxylation is 1. The Kier molecular flexibility index (Phi) is 4.85. The second kappa shape index (κ2) is 6.87. The molecule has 2 aromatic rings. The summed E-state index contributed by atoms with van der Waals surface area (Å²) < 4.78 is 7.84. The number of rotatable bonds is 7. The average molecular weight is 244 g/mol. The molecule has 1 aromatic heterocycles. The molecular weight excluding hydrogens is 224 g/mol. The van der Waals surface area contributed by atoms with Gasteiger partial charge in [0.05, 0.1) is 6.61 Å². The summed E-state index contributed by atoms with van der Waals surface area (Å²) in [5.41, 5.74) is 6.83. The molecule has 0 radical (unpaired) electrons. The number of aromatic nitrogens is 1. The maximum absolute atomic E-state index is 5.65. The van der Waals surface area contributed by atoms with Crippen molar-refractivity contribution < 1.29 is 4.74 Å². The molecule has 2 N–H and O–H groups in total. The number of hydrogen-bond donors (Lipinski definition) is 1. The number of nitrogens with zero attached hydrogens (tertiary/aromatic N) is 1. The fourth-order valence-electron chi connectivity index (χ4n) is 1.90. The maximum Gasteiger partial charge on any atom is 0.119 e. The number of ether oxygens (including phenoxy) is 1. The first kappa shape index (κ1) is 12.7. The van der Waals surface area contributed by atoms with E-state index >= 15 is 0 Å². The number of nitrogens with two attached hydrogens (primary N) is 1. The lowest BCUT2D eigenvalue weighted by molar-refractivity contribution is 0.302. The monoisotopic (exact) mass is 244 g/mol. The summed E-state index contributed by atoms with van der Waals surface area (Å²) in [4.78, 5) is 0. The van der Waals surface area contributed by atoms with E-state index in [1.807, 2.05) is 30.3 Å². The SMILES string of the molecule is NCCc1ccn(CCCOc2ccccc2)c1. The molecule has 0 spiro atoms. The fourth-order valence-corrected chi connectivity index (χ4v) is 1.90. The normalized spacial score (nSPS) is 10.5. The number of para-hydroxylation sites is 1. The van der Waals surface area contributed by atoms with Gasteiger partial charge in [-0.1, -0.05) is 18.2 Å². The maximum atomic E-state index is 5.65. The van der Waals surface area contributed by atoms with Crippen molar-refractivity contribution in [3.05, 3.63) is 54.4 Å². The van der Waals surface area contributed by atoms with Gasteiger partial charge in [0.1, 0.15) is 5.75 Å². The van der Waals surface area contributed by atoms with E-state index in [0.29, 0.717) is 6.54 Å². The zero-order chi connectivity index (χ0) is 12.6. The Morgan fingerprint density at radius 3 is 2.72 bits per heavy atom. The summed E-state index contributed by atoms with van der Waals surface area (Å²) in [6.45, 7) is 2.44. The van der Waals surface area contributed by atoms with Gasteiger partial charge in [-0.3, -0.25) is 0 Å². The molecule has 0 saturated carbocycles. The Morgan fingerprint density at radius 2 is 1.94 bits per heavy atom. The van der Waals surface area contributed by atoms with Crippen LogP contribution < -0.4 is 10.5 Å². The third kappa shape index (κ3) is 3.93. The highest BCUT2D eigenvalue weighted by Gasteiger charge is 1.97. The van der Waals surface area contributed by atoms with Crippen molar-refractivity contribution in [3.8, 4) is 5.75 Å². The Balaban J connectivity index is 1.68. The van der Waals surface area contributed by atoms with Gasteiger partial charge in [0, 0.05) is 18.9 Å². The van der Waals surface area contributed by atoms with E-state index < -0.39 is 0 Å². The van der Waals surface area contributed by atoms with Crippen molar-refractivity contribution in [2.45, 2.75) is 19.4 Å². The van der Waals surface area contributed by atoms with Crippen LogP contribution in [0.4, 0.5) is 0 Å². The van der Waals surface area contributed by atoms with Crippen LogP contribution in [0, 0.1) is 0 Å². The molecule has 2 rings (SSSR count). The third-order valence-corrected chi connectivity index (χ3v) is 2.82.